The molecule has 3 rings (SSSR count). The highest BCUT2D eigenvalue weighted by molar-refractivity contribution is 5.76. The highest BCUT2D eigenvalue weighted by Crippen LogP contribution is 2.33. The molecule has 0 spiro atoms. The van der Waals surface area contributed by atoms with Crippen molar-refractivity contribution in [3.63, 3.8) is 0 Å². The minimum absolute atomic E-state index is 0.0169. The summed E-state index contributed by atoms with van der Waals surface area (Å²) in [6, 6.07) is -0.0169. The molecule has 1 atom stereocenters. The maximum Gasteiger partial charge on any atom is 0.225 e. The quantitative estimate of drug-likeness (QED) is 0.794. The van der Waals surface area contributed by atoms with Gasteiger partial charge in [-0.05, 0) is 26.3 Å². The molecule has 0 radical (unpaired) electrons. The first kappa shape index (κ1) is 19.0. The monoisotopic (exact) mass is 361 g/mol. The summed E-state index contributed by atoms with van der Waals surface area (Å²) >= 11 is 0. The Morgan fingerprint density at radius 1 is 1.27 bits per heavy atom. The second-order valence-corrected chi connectivity index (χ2v) is 7.55. The van der Waals surface area contributed by atoms with Gasteiger partial charge in [0, 0.05) is 52.8 Å². The van der Waals surface area contributed by atoms with Crippen LogP contribution in [0.3, 0.4) is 0 Å². The molecular weight excluding hydrogens is 330 g/mol. The zero-order valence-corrected chi connectivity index (χ0v) is 16.5. The number of anilines is 1. The third-order valence-corrected chi connectivity index (χ3v) is 5.31. The Hall–Kier alpha value is -1.73. The second-order valence-electron chi connectivity index (χ2n) is 7.55. The predicted octanol–water partition coefficient (Wildman–Crippen LogP) is 1.62. The highest BCUT2D eigenvalue weighted by Gasteiger charge is 2.32. The van der Waals surface area contributed by atoms with Crippen LogP contribution in [-0.2, 0) is 22.5 Å². The van der Waals surface area contributed by atoms with E-state index in [2.05, 4.69) is 16.8 Å². The lowest BCUT2D eigenvalue weighted by atomic mass is 9.99. The number of carbonyl (C=O) groups is 1. The summed E-state index contributed by atoms with van der Waals surface area (Å²) in [6.07, 6.45) is 4.45. The lowest BCUT2D eigenvalue weighted by Gasteiger charge is -2.36. The summed E-state index contributed by atoms with van der Waals surface area (Å²) in [4.78, 5) is 28.9. The number of amides is 1. The van der Waals surface area contributed by atoms with Crippen molar-refractivity contribution in [1.29, 1.82) is 0 Å². The Labute approximate surface area is 156 Å². The standard InChI is InChI=1S/C19H31N5O2/c1-22(2)19-14-13-23(3)11-8-15(14)20-18(21-19)16-7-5-6-10-24(16)17(25)9-12-26-4/h16H,5-13H2,1-4H3/t16-/m1/s1. The highest BCUT2D eigenvalue weighted by atomic mass is 16.5. The van der Waals surface area contributed by atoms with Crippen molar-refractivity contribution in [1.82, 2.24) is 19.8 Å². The minimum Gasteiger partial charge on any atom is -0.384 e. The molecule has 3 heterocycles. The second kappa shape index (κ2) is 8.31. The summed E-state index contributed by atoms with van der Waals surface area (Å²) in [6.45, 7) is 3.14. The summed E-state index contributed by atoms with van der Waals surface area (Å²) in [7, 11) is 7.83. The van der Waals surface area contributed by atoms with Gasteiger partial charge in [-0.1, -0.05) is 0 Å². The predicted molar refractivity (Wildman–Crippen MR) is 101 cm³/mol. The van der Waals surface area contributed by atoms with E-state index in [-0.39, 0.29) is 11.9 Å². The van der Waals surface area contributed by atoms with Gasteiger partial charge in [-0.3, -0.25) is 4.79 Å². The summed E-state index contributed by atoms with van der Waals surface area (Å²) in [5.74, 6) is 1.94. The van der Waals surface area contributed by atoms with Crippen molar-refractivity contribution in [2.45, 2.75) is 44.7 Å². The molecule has 1 fully saturated rings. The van der Waals surface area contributed by atoms with Gasteiger partial charge in [0.1, 0.15) is 5.82 Å². The van der Waals surface area contributed by atoms with Crippen LogP contribution in [0.15, 0.2) is 0 Å². The first-order chi connectivity index (χ1) is 12.5. The Kier molecular flexibility index (Phi) is 6.09. The molecule has 1 amide bonds. The molecule has 1 aromatic rings. The van der Waals surface area contributed by atoms with Crippen LogP contribution in [-0.4, -0.2) is 73.6 Å². The van der Waals surface area contributed by atoms with Crippen LogP contribution in [0, 0.1) is 0 Å². The first-order valence-electron chi connectivity index (χ1n) is 9.55. The number of aromatic nitrogens is 2. The topological polar surface area (TPSA) is 61.8 Å². The number of hydrogen-bond donors (Lipinski definition) is 0. The molecule has 0 aromatic carbocycles. The number of carbonyl (C=O) groups excluding carboxylic acids is 1. The van der Waals surface area contributed by atoms with E-state index in [1.807, 2.05) is 19.0 Å². The van der Waals surface area contributed by atoms with Gasteiger partial charge in [-0.15, -0.1) is 0 Å². The van der Waals surface area contributed by atoms with Gasteiger partial charge in [0.15, 0.2) is 5.82 Å². The van der Waals surface area contributed by atoms with Gasteiger partial charge in [0.25, 0.3) is 0 Å². The summed E-state index contributed by atoms with van der Waals surface area (Å²) in [5.41, 5.74) is 2.37. The van der Waals surface area contributed by atoms with Crippen molar-refractivity contribution in [2.24, 2.45) is 0 Å². The van der Waals surface area contributed by atoms with Crippen LogP contribution in [0.25, 0.3) is 0 Å². The van der Waals surface area contributed by atoms with Crippen molar-refractivity contribution in [3.05, 3.63) is 17.1 Å². The van der Waals surface area contributed by atoms with Crippen LogP contribution in [0.2, 0.25) is 0 Å². The fraction of sp³-hybridized carbons (Fsp3) is 0.737. The zero-order chi connectivity index (χ0) is 18.7. The molecule has 7 nitrogen and oxygen atoms in total. The van der Waals surface area contributed by atoms with E-state index in [0.717, 1.165) is 62.7 Å². The van der Waals surface area contributed by atoms with Gasteiger partial charge in [-0.2, -0.15) is 0 Å². The Morgan fingerprint density at radius 2 is 2.08 bits per heavy atom. The molecule has 1 saturated heterocycles. The average Bonchev–Trinajstić information content (AvgIpc) is 2.65. The zero-order valence-electron chi connectivity index (χ0n) is 16.5. The summed E-state index contributed by atoms with van der Waals surface area (Å²) < 4.78 is 5.09. The molecule has 1 aromatic heterocycles. The fourth-order valence-corrected chi connectivity index (χ4v) is 3.90. The molecule has 2 aliphatic heterocycles. The molecule has 0 aliphatic carbocycles. The molecule has 7 heteroatoms. The van der Waals surface area contributed by atoms with Crippen molar-refractivity contribution < 1.29 is 9.53 Å². The normalized spacial score (nSPS) is 20.8. The van der Waals surface area contributed by atoms with E-state index < -0.39 is 0 Å². The van der Waals surface area contributed by atoms with E-state index in [4.69, 9.17) is 14.7 Å². The van der Waals surface area contributed by atoms with Crippen molar-refractivity contribution in [3.8, 4) is 0 Å². The molecule has 144 valence electrons. The van der Waals surface area contributed by atoms with Gasteiger partial charge in [-0.25, -0.2) is 9.97 Å². The number of likely N-dealkylation sites (N-methyl/N-ethyl adjacent to an activating group) is 1. The van der Waals surface area contributed by atoms with Crippen LogP contribution in [0.4, 0.5) is 5.82 Å². The van der Waals surface area contributed by atoms with Crippen molar-refractivity contribution >= 4 is 11.7 Å². The van der Waals surface area contributed by atoms with E-state index in [0.29, 0.717) is 13.0 Å². The minimum atomic E-state index is -0.0169. The third-order valence-electron chi connectivity index (χ3n) is 5.31. The van der Waals surface area contributed by atoms with Crippen molar-refractivity contribution in [2.75, 3.05) is 52.8 Å². The number of fused-ring (bicyclic) bond motifs is 1. The maximum absolute atomic E-state index is 12.7. The first-order valence-corrected chi connectivity index (χ1v) is 9.55. The van der Waals surface area contributed by atoms with E-state index >= 15 is 0 Å². The number of hydrogen-bond acceptors (Lipinski definition) is 6. The third kappa shape index (κ3) is 3.99. The van der Waals surface area contributed by atoms with E-state index in [9.17, 15) is 4.79 Å². The summed E-state index contributed by atoms with van der Waals surface area (Å²) in [5, 5.41) is 0. The molecule has 0 bridgehead atoms. The molecule has 0 saturated carbocycles. The lowest BCUT2D eigenvalue weighted by molar-refractivity contribution is -0.136. The smallest absolute Gasteiger partial charge is 0.225 e. The largest absolute Gasteiger partial charge is 0.384 e. The average molecular weight is 361 g/mol. The molecule has 2 aliphatic rings. The number of piperidine rings is 1. The number of rotatable bonds is 5. The number of likely N-dealkylation sites (tertiary alicyclic amines) is 1. The molecule has 0 N–H and O–H groups in total. The van der Waals surface area contributed by atoms with Crippen LogP contribution in [0.5, 0.6) is 0 Å². The van der Waals surface area contributed by atoms with E-state index in [1.165, 1.54) is 5.56 Å². The molecule has 0 unspecified atom stereocenters. The molecule has 26 heavy (non-hydrogen) atoms. The number of methoxy groups -OCH3 is 1. The Bertz CT molecular complexity index is 649. The Morgan fingerprint density at radius 3 is 2.81 bits per heavy atom. The van der Waals surface area contributed by atoms with Gasteiger partial charge in [0.05, 0.1) is 24.8 Å². The van der Waals surface area contributed by atoms with E-state index in [1.54, 1.807) is 7.11 Å². The maximum atomic E-state index is 12.7. The van der Waals surface area contributed by atoms with Crippen LogP contribution >= 0.6 is 0 Å². The fourth-order valence-electron chi connectivity index (χ4n) is 3.90. The lowest BCUT2D eigenvalue weighted by Crippen LogP contribution is -2.40. The molecular formula is C19H31N5O2. The van der Waals surface area contributed by atoms with Crippen LogP contribution < -0.4 is 4.90 Å². The Balaban J connectivity index is 1.93. The number of ether oxygens (including phenoxy) is 1. The van der Waals surface area contributed by atoms with Gasteiger partial charge < -0.3 is 19.4 Å². The van der Waals surface area contributed by atoms with Crippen LogP contribution in [0.1, 0.15) is 48.8 Å². The number of nitrogens with zero attached hydrogens (tertiary/aromatic N) is 5. The van der Waals surface area contributed by atoms with Gasteiger partial charge in [0.2, 0.25) is 5.91 Å². The SMILES string of the molecule is COCCC(=O)N1CCCC[C@@H]1c1nc2c(c(N(C)C)n1)CN(C)CC2. The van der Waals surface area contributed by atoms with Gasteiger partial charge >= 0.3 is 0 Å².